The van der Waals surface area contributed by atoms with Gasteiger partial charge in [-0.15, -0.1) is 0 Å². The topological polar surface area (TPSA) is 122 Å². The summed E-state index contributed by atoms with van der Waals surface area (Å²) in [5.74, 6) is -3.56. The normalized spacial score (nSPS) is 13.5. The first-order chi connectivity index (χ1) is 14.3. The molecule has 154 valence electrons. The number of benzene rings is 2. The second-order valence-electron chi connectivity index (χ2n) is 6.32. The predicted octanol–water partition coefficient (Wildman–Crippen LogP) is 1.33. The summed E-state index contributed by atoms with van der Waals surface area (Å²) in [7, 11) is 0. The highest BCUT2D eigenvalue weighted by atomic mass is 35.5. The monoisotopic (exact) mass is 429 g/mol. The number of imide groups is 1. The summed E-state index contributed by atoms with van der Waals surface area (Å²) in [6.07, 6.45) is 0. The van der Waals surface area contributed by atoms with Gasteiger partial charge in [0.15, 0.2) is 6.61 Å². The maximum Gasteiger partial charge on any atom is 0.329 e. The van der Waals surface area contributed by atoms with Crippen LogP contribution in [0.3, 0.4) is 0 Å². The molecule has 30 heavy (non-hydrogen) atoms. The number of carbonyl (C=O) groups excluding carboxylic acids is 5. The van der Waals surface area contributed by atoms with Gasteiger partial charge >= 0.3 is 5.97 Å². The molecule has 0 fully saturated rings. The van der Waals surface area contributed by atoms with Crippen LogP contribution in [0, 0.1) is 0 Å². The van der Waals surface area contributed by atoms with Crippen LogP contribution in [-0.4, -0.2) is 47.1 Å². The Morgan fingerprint density at radius 1 is 0.967 bits per heavy atom. The SMILES string of the molecule is C[C@H](C(=O)OCC(=O)NNC(=O)c1ccc(Cl)cc1)N1C(=O)c2ccccc2C1=O. The van der Waals surface area contributed by atoms with Gasteiger partial charge < -0.3 is 4.74 Å². The molecule has 0 aliphatic carbocycles. The maximum absolute atomic E-state index is 12.4. The highest BCUT2D eigenvalue weighted by Gasteiger charge is 2.41. The van der Waals surface area contributed by atoms with Gasteiger partial charge in [0, 0.05) is 10.6 Å². The van der Waals surface area contributed by atoms with Gasteiger partial charge in [0.25, 0.3) is 23.6 Å². The van der Waals surface area contributed by atoms with E-state index in [9.17, 15) is 24.0 Å². The van der Waals surface area contributed by atoms with E-state index in [2.05, 4.69) is 10.9 Å². The number of hydrazine groups is 1. The Bertz CT molecular complexity index is 1000. The highest BCUT2D eigenvalue weighted by Crippen LogP contribution is 2.24. The molecule has 0 unspecified atom stereocenters. The number of carbonyl (C=O) groups is 5. The number of fused-ring (bicyclic) bond motifs is 1. The maximum atomic E-state index is 12.4. The minimum Gasteiger partial charge on any atom is -0.454 e. The molecule has 2 N–H and O–H groups in total. The van der Waals surface area contributed by atoms with Gasteiger partial charge in [-0.2, -0.15) is 0 Å². The first-order valence-electron chi connectivity index (χ1n) is 8.78. The summed E-state index contributed by atoms with van der Waals surface area (Å²) >= 11 is 5.74. The van der Waals surface area contributed by atoms with Gasteiger partial charge in [0.05, 0.1) is 11.1 Å². The van der Waals surface area contributed by atoms with Gasteiger partial charge in [-0.3, -0.25) is 34.9 Å². The molecule has 1 atom stereocenters. The minimum atomic E-state index is -1.23. The lowest BCUT2D eigenvalue weighted by molar-refractivity contribution is -0.152. The Hall–Kier alpha value is -3.72. The lowest BCUT2D eigenvalue weighted by Gasteiger charge is -2.20. The van der Waals surface area contributed by atoms with Crippen molar-refractivity contribution < 1.29 is 28.7 Å². The number of hydrogen-bond donors (Lipinski definition) is 2. The number of hydrogen-bond acceptors (Lipinski definition) is 6. The lowest BCUT2D eigenvalue weighted by atomic mass is 10.1. The van der Waals surface area contributed by atoms with Crippen molar-refractivity contribution in [1.29, 1.82) is 0 Å². The first kappa shape index (κ1) is 21.0. The van der Waals surface area contributed by atoms with Gasteiger partial charge in [0.2, 0.25) is 0 Å². The van der Waals surface area contributed by atoms with Crippen molar-refractivity contribution in [2.24, 2.45) is 0 Å². The van der Waals surface area contributed by atoms with Crippen LogP contribution < -0.4 is 10.9 Å². The van der Waals surface area contributed by atoms with Crippen molar-refractivity contribution in [2.75, 3.05) is 6.61 Å². The number of rotatable bonds is 5. The number of ether oxygens (including phenoxy) is 1. The zero-order valence-corrected chi connectivity index (χ0v) is 16.4. The number of halogens is 1. The standard InChI is InChI=1S/C20H16ClN3O6/c1-11(24-18(27)14-4-2-3-5-15(14)19(24)28)20(29)30-10-16(25)22-23-17(26)12-6-8-13(21)9-7-12/h2-9,11H,10H2,1H3,(H,22,25)(H,23,26)/t11-/m1/s1. The van der Waals surface area contributed by atoms with E-state index in [0.29, 0.717) is 5.02 Å². The molecule has 4 amide bonds. The second kappa shape index (κ2) is 8.75. The summed E-state index contributed by atoms with van der Waals surface area (Å²) in [5, 5.41) is 0.453. The van der Waals surface area contributed by atoms with Crippen LogP contribution in [0.2, 0.25) is 5.02 Å². The minimum absolute atomic E-state index is 0.199. The summed E-state index contributed by atoms with van der Waals surface area (Å²) in [6, 6.07) is 10.9. The van der Waals surface area contributed by atoms with Crippen molar-refractivity contribution in [2.45, 2.75) is 13.0 Å². The van der Waals surface area contributed by atoms with E-state index in [-0.39, 0.29) is 16.7 Å². The van der Waals surface area contributed by atoms with E-state index in [4.69, 9.17) is 16.3 Å². The third kappa shape index (κ3) is 4.31. The molecule has 1 aliphatic rings. The third-order valence-electron chi connectivity index (χ3n) is 4.32. The molecule has 0 saturated heterocycles. The van der Waals surface area contributed by atoms with Crippen LogP contribution in [-0.2, 0) is 14.3 Å². The smallest absolute Gasteiger partial charge is 0.329 e. The van der Waals surface area contributed by atoms with Gasteiger partial charge in [0.1, 0.15) is 6.04 Å². The van der Waals surface area contributed by atoms with Crippen LogP contribution in [0.15, 0.2) is 48.5 Å². The number of esters is 1. The van der Waals surface area contributed by atoms with Crippen LogP contribution in [0.25, 0.3) is 0 Å². The van der Waals surface area contributed by atoms with Crippen molar-refractivity contribution in [3.05, 3.63) is 70.2 Å². The fraction of sp³-hybridized carbons (Fsp3) is 0.150. The molecule has 10 heteroatoms. The van der Waals surface area contributed by atoms with Gasteiger partial charge in [-0.05, 0) is 43.3 Å². The Labute approximate surface area is 175 Å². The van der Waals surface area contributed by atoms with E-state index >= 15 is 0 Å². The Morgan fingerprint density at radius 3 is 2.10 bits per heavy atom. The van der Waals surface area contributed by atoms with Gasteiger partial charge in [-0.1, -0.05) is 23.7 Å². The molecule has 0 aromatic heterocycles. The second-order valence-corrected chi connectivity index (χ2v) is 6.76. The van der Waals surface area contributed by atoms with E-state index < -0.39 is 42.2 Å². The number of nitrogens with one attached hydrogen (secondary N) is 2. The molecular formula is C20H16ClN3O6. The van der Waals surface area contributed by atoms with Crippen molar-refractivity contribution >= 4 is 41.2 Å². The average molecular weight is 430 g/mol. The zero-order chi connectivity index (χ0) is 21.8. The largest absolute Gasteiger partial charge is 0.454 e. The summed E-state index contributed by atoms with van der Waals surface area (Å²) in [4.78, 5) is 61.5. The molecule has 2 aromatic carbocycles. The Kier molecular flexibility index (Phi) is 6.12. The molecule has 2 aromatic rings. The van der Waals surface area contributed by atoms with Crippen molar-refractivity contribution in [3.63, 3.8) is 0 Å². The van der Waals surface area contributed by atoms with E-state index in [1.165, 1.54) is 43.3 Å². The van der Waals surface area contributed by atoms with Gasteiger partial charge in [-0.25, -0.2) is 4.79 Å². The van der Waals surface area contributed by atoms with Crippen LogP contribution in [0.5, 0.6) is 0 Å². The fourth-order valence-corrected chi connectivity index (χ4v) is 2.88. The summed E-state index contributed by atoms with van der Waals surface area (Å²) in [6.45, 7) is 0.609. The molecule has 1 aliphatic heterocycles. The molecule has 3 rings (SSSR count). The summed E-state index contributed by atoms with van der Waals surface area (Å²) < 4.78 is 4.86. The molecular weight excluding hydrogens is 414 g/mol. The predicted molar refractivity (Wildman–Crippen MR) is 104 cm³/mol. The first-order valence-corrected chi connectivity index (χ1v) is 9.15. The Morgan fingerprint density at radius 2 is 1.53 bits per heavy atom. The van der Waals surface area contributed by atoms with Crippen LogP contribution in [0.1, 0.15) is 38.0 Å². The Balaban J connectivity index is 1.50. The van der Waals surface area contributed by atoms with E-state index in [1.807, 2.05) is 0 Å². The molecule has 9 nitrogen and oxygen atoms in total. The molecule has 1 heterocycles. The highest BCUT2D eigenvalue weighted by molar-refractivity contribution is 6.30. The zero-order valence-electron chi connectivity index (χ0n) is 15.7. The van der Waals surface area contributed by atoms with Crippen LogP contribution >= 0.6 is 11.6 Å². The van der Waals surface area contributed by atoms with E-state index in [1.54, 1.807) is 12.1 Å². The average Bonchev–Trinajstić information content (AvgIpc) is 3.00. The molecule has 0 spiro atoms. The number of nitrogens with zero attached hydrogens (tertiary/aromatic N) is 1. The molecule has 0 saturated carbocycles. The van der Waals surface area contributed by atoms with E-state index in [0.717, 1.165) is 4.90 Å². The van der Waals surface area contributed by atoms with Crippen molar-refractivity contribution in [1.82, 2.24) is 15.8 Å². The number of amides is 4. The molecule has 0 radical (unpaired) electrons. The van der Waals surface area contributed by atoms with Crippen molar-refractivity contribution in [3.8, 4) is 0 Å². The quantitative estimate of drug-likeness (QED) is 0.420. The summed E-state index contributed by atoms with van der Waals surface area (Å²) in [5.41, 5.74) is 4.91. The fourth-order valence-electron chi connectivity index (χ4n) is 2.76. The lowest BCUT2D eigenvalue weighted by Crippen LogP contribution is -2.46. The third-order valence-corrected chi connectivity index (χ3v) is 4.57. The molecule has 0 bridgehead atoms. The van der Waals surface area contributed by atoms with Crippen LogP contribution in [0.4, 0.5) is 0 Å².